The Labute approximate surface area is 72.2 Å². The van der Waals surface area contributed by atoms with Crippen LogP contribution in [0.15, 0.2) is 0 Å². The summed E-state index contributed by atoms with van der Waals surface area (Å²) in [5.74, 6) is -0.876. The minimum atomic E-state index is -0.893. The number of carboxylic acid groups (broad SMARTS) is 1. The highest BCUT2D eigenvalue weighted by Gasteiger charge is 2.25. The number of nitriles is 1. The second-order valence-corrected chi connectivity index (χ2v) is 3.12. The SMILES string of the molecule is CC(C)(NCCCC#N)C(=O)O. The molecule has 0 aromatic carbocycles. The van der Waals surface area contributed by atoms with Crippen LogP contribution in [0.2, 0.25) is 0 Å². The quantitative estimate of drug-likeness (QED) is 0.597. The van der Waals surface area contributed by atoms with Crippen molar-refractivity contribution in [2.75, 3.05) is 6.54 Å². The Morgan fingerprint density at radius 2 is 2.25 bits per heavy atom. The summed E-state index contributed by atoms with van der Waals surface area (Å²) in [5.41, 5.74) is -0.893. The zero-order chi connectivity index (χ0) is 9.61. The van der Waals surface area contributed by atoms with Crippen molar-refractivity contribution in [2.45, 2.75) is 32.2 Å². The molecule has 0 atom stereocenters. The summed E-state index contributed by atoms with van der Waals surface area (Å²) < 4.78 is 0. The maximum absolute atomic E-state index is 10.6. The van der Waals surface area contributed by atoms with Gasteiger partial charge in [0.25, 0.3) is 0 Å². The molecule has 0 radical (unpaired) electrons. The van der Waals surface area contributed by atoms with Crippen molar-refractivity contribution in [3.8, 4) is 6.07 Å². The molecular formula is C8H14N2O2. The van der Waals surface area contributed by atoms with E-state index in [0.29, 0.717) is 19.4 Å². The van der Waals surface area contributed by atoms with Gasteiger partial charge in [0.2, 0.25) is 0 Å². The number of nitrogens with one attached hydrogen (secondary N) is 1. The summed E-state index contributed by atoms with van der Waals surface area (Å²) >= 11 is 0. The smallest absolute Gasteiger partial charge is 0.323 e. The normalized spacial score (nSPS) is 10.8. The van der Waals surface area contributed by atoms with Gasteiger partial charge in [0.1, 0.15) is 5.54 Å². The van der Waals surface area contributed by atoms with Gasteiger partial charge < -0.3 is 10.4 Å². The van der Waals surface area contributed by atoms with Crippen LogP contribution in [0.3, 0.4) is 0 Å². The van der Waals surface area contributed by atoms with Gasteiger partial charge in [-0.25, -0.2) is 0 Å². The molecule has 0 aliphatic carbocycles. The average Bonchev–Trinajstić information content (AvgIpc) is 1.98. The summed E-state index contributed by atoms with van der Waals surface area (Å²) in [7, 11) is 0. The predicted octanol–water partition coefficient (Wildman–Crippen LogP) is 0.743. The molecule has 0 heterocycles. The van der Waals surface area contributed by atoms with Gasteiger partial charge in [-0.2, -0.15) is 5.26 Å². The molecule has 0 spiro atoms. The zero-order valence-electron chi connectivity index (χ0n) is 7.42. The van der Waals surface area contributed by atoms with Gasteiger partial charge in [0.05, 0.1) is 6.07 Å². The van der Waals surface area contributed by atoms with Crippen LogP contribution < -0.4 is 5.32 Å². The van der Waals surface area contributed by atoms with E-state index >= 15 is 0 Å². The maximum atomic E-state index is 10.6. The van der Waals surface area contributed by atoms with Gasteiger partial charge >= 0.3 is 5.97 Å². The third kappa shape index (κ3) is 3.94. The first-order valence-corrected chi connectivity index (χ1v) is 3.86. The van der Waals surface area contributed by atoms with Crippen molar-refractivity contribution in [1.29, 1.82) is 5.26 Å². The molecule has 0 bridgehead atoms. The van der Waals surface area contributed by atoms with Crippen molar-refractivity contribution in [3.63, 3.8) is 0 Å². The molecule has 0 saturated heterocycles. The molecule has 4 nitrogen and oxygen atoms in total. The summed E-state index contributed by atoms with van der Waals surface area (Å²) in [6, 6.07) is 2.00. The van der Waals surface area contributed by atoms with Crippen LogP contribution in [0.1, 0.15) is 26.7 Å². The van der Waals surface area contributed by atoms with Crippen molar-refractivity contribution in [3.05, 3.63) is 0 Å². The summed E-state index contributed by atoms with van der Waals surface area (Å²) in [5, 5.41) is 19.7. The summed E-state index contributed by atoms with van der Waals surface area (Å²) in [4.78, 5) is 10.6. The van der Waals surface area contributed by atoms with E-state index in [9.17, 15) is 4.79 Å². The topological polar surface area (TPSA) is 73.1 Å². The van der Waals surface area contributed by atoms with Crippen molar-refractivity contribution < 1.29 is 9.90 Å². The Kier molecular flexibility index (Phi) is 4.30. The fourth-order valence-electron chi connectivity index (χ4n) is 0.644. The molecule has 0 aliphatic rings. The maximum Gasteiger partial charge on any atom is 0.323 e. The third-order valence-corrected chi connectivity index (χ3v) is 1.57. The zero-order valence-corrected chi connectivity index (χ0v) is 7.42. The van der Waals surface area contributed by atoms with Gasteiger partial charge in [-0.3, -0.25) is 4.79 Å². The van der Waals surface area contributed by atoms with Gasteiger partial charge in [-0.15, -0.1) is 0 Å². The minimum Gasteiger partial charge on any atom is -0.480 e. The van der Waals surface area contributed by atoms with Gasteiger partial charge in [-0.1, -0.05) is 0 Å². The number of carboxylic acids is 1. The van der Waals surface area contributed by atoms with E-state index in [4.69, 9.17) is 10.4 Å². The Bertz CT molecular complexity index is 194. The monoisotopic (exact) mass is 170 g/mol. The van der Waals surface area contributed by atoms with Crippen molar-refractivity contribution in [1.82, 2.24) is 5.32 Å². The number of rotatable bonds is 5. The van der Waals surface area contributed by atoms with Gasteiger partial charge in [0, 0.05) is 6.42 Å². The number of carbonyl (C=O) groups is 1. The molecule has 2 N–H and O–H groups in total. The lowest BCUT2D eigenvalue weighted by molar-refractivity contribution is -0.143. The minimum absolute atomic E-state index is 0.461. The second kappa shape index (κ2) is 4.73. The van der Waals surface area contributed by atoms with E-state index in [1.807, 2.05) is 6.07 Å². The number of aliphatic carboxylic acids is 1. The molecule has 0 aromatic rings. The van der Waals surface area contributed by atoms with Crippen LogP contribution in [-0.2, 0) is 4.79 Å². The number of nitrogens with zero attached hydrogens (tertiary/aromatic N) is 1. The predicted molar refractivity (Wildman–Crippen MR) is 44.6 cm³/mol. The molecule has 0 aromatic heterocycles. The van der Waals surface area contributed by atoms with Crippen LogP contribution in [0.4, 0.5) is 0 Å². The second-order valence-electron chi connectivity index (χ2n) is 3.12. The molecule has 0 amide bonds. The standard InChI is InChI=1S/C8H14N2O2/c1-8(2,7(11)12)10-6-4-3-5-9/h10H,3-4,6H2,1-2H3,(H,11,12). The molecule has 0 fully saturated rings. The molecule has 0 unspecified atom stereocenters. The van der Waals surface area contributed by atoms with E-state index in [-0.39, 0.29) is 0 Å². The first kappa shape index (κ1) is 10.9. The van der Waals surface area contributed by atoms with Crippen LogP contribution in [0.25, 0.3) is 0 Å². The lowest BCUT2D eigenvalue weighted by atomic mass is 10.1. The van der Waals surface area contributed by atoms with E-state index in [2.05, 4.69) is 5.32 Å². The summed E-state index contributed by atoms with van der Waals surface area (Å²) in [6.45, 7) is 3.76. The largest absolute Gasteiger partial charge is 0.480 e. The molecule has 0 saturated carbocycles. The van der Waals surface area contributed by atoms with E-state index in [1.54, 1.807) is 13.8 Å². The Morgan fingerprint density at radius 1 is 1.67 bits per heavy atom. The first-order valence-electron chi connectivity index (χ1n) is 3.86. The molecule has 12 heavy (non-hydrogen) atoms. The van der Waals surface area contributed by atoms with E-state index in [0.717, 1.165) is 0 Å². The van der Waals surface area contributed by atoms with Gasteiger partial charge in [0.15, 0.2) is 0 Å². The summed E-state index contributed by atoms with van der Waals surface area (Å²) in [6.07, 6.45) is 1.15. The highest BCUT2D eigenvalue weighted by atomic mass is 16.4. The average molecular weight is 170 g/mol. The van der Waals surface area contributed by atoms with Crippen LogP contribution in [-0.4, -0.2) is 23.2 Å². The van der Waals surface area contributed by atoms with Crippen molar-refractivity contribution >= 4 is 5.97 Å². The molecule has 0 rings (SSSR count). The van der Waals surface area contributed by atoms with E-state index < -0.39 is 11.5 Å². The number of hydrogen-bond acceptors (Lipinski definition) is 3. The van der Waals surface area contributed by atoms with Crippen LogP contribution in [0, 0.1) is 11.3 Å². The van der Waals surface area contributed by atoms with Crippen LogP contribution in [0.5, 0.6) is 0 Å². The third-order valence-electron chi connectivity index (χ3n) is 1.57. The Morgan fingerprint density at radius 3 is 2.67 bits per heavy atom. The first-order chi connectivity index (χ1) is 5.50. The van der Waals surface area contributed by atoms with Crippen LogP contribution >= 0.6 is 0 Å². The Balaban J connectivity index is 3.63. The molecule has 0 aliphatic heterocycles. The number of hydrogen-bond donors (Lipinski definition) is 2. The number of unbranched alkanes of at least 4 members (excludes halogenated alkanes) is 1. The Hall–Kier alpha value is -1.08. The van der Waals surface area contributed by atoms with Crippen molar-refractivity contribution in [2.24, 2.45) is 0 Å². The molecular weight excluding hydrogens is 156 g/mol. The highest BCUT2D eigenvalue weighted by molar-refractivity contribution is 5.77. The van der Waals surface area contributed by atoms with Gasteiger partial charge in [-0.05, 0) is 26.8 Å². The van der Waals surface area contributed by atoms with E-state index in [1.165, 1.54) is 0 Å². The highest BCUT2D eigenvalue weighted by Crippen LogP contribution is 2.01. The molecule has 68 valence electrons. The fraction of sp³-hybridized carbons (Fsp3) is 0.750. The fourth-order valence-corrected chi connectivity index (χ4v) is 0.644. The lowest BCUT2D eigenvalue weighted by Gasteiger charge is -2.20. The molecule has 4 heteroatoms. The lowest BCUT2D eigenvalue weighted by Crippen LogP contribution is -2.46.